The Balaban J connectivity index is 1.94. The number of nitriles is 1. The maximum Gasteiger partial charge on any atom is 0.313 e. The number of hydrogen-bond donors (Lipinski definition) is 1. The van der Waals surface area contributed by atoms with Crippen LogP contribution in [-0.4, -0.2) is 9.55 Å². The van der Waals surface area contributed by atoms with Gasteiger partial charge in [-0.25, -0.2) is 4.98 Å². The van der Waals surface area contributed by atoms with E-state index >= 15 is 0 Å². The topological polar surface area (TPSA) is 93.9 Å². The third kappa shape index (κ3) is 2.21. The highest BCUT2D eigenvalue weighted by Gasteiger charge is 2.25. The Kier molecular flexibility index (Phi) is 2.88. The third-order valence-electron chi connectivity index (χ3n) is 3.12. The van der Waals surface area contributed by atoms with E-state index in [-0.39, 0.29) is 17.5 Å². The van der Waals surface area contributed by atoms with Gasteiger partial charge in [-0.1, -0.05) is 0 Å². The number of anilines is 1. The predicted molar refractivity (Wildman–Crippen MR) is 72.4 cm³/mol. The van der Waals surface area contributed by atoms with Crippen LogP contribution in [0, 0.1) is 11.3 Å². The third-order valence-corrected chi connectivity index (χ3v) is 3.12. The highest BCUT2D eigenvalue weighted by Crippen LogP contribution is 2.33. The first-order chi connectivity index (χ1) is 9.69. The van der Waals surface area contributed by atoms with Gasteiger partial charge in [0.2, 0.25) is 0 Å². The molecule has 100 valence electrons. The molecule has 2 N–H and O–H groups in total. The van der Waals surface area contributed by atoms with Crippen molar-refractivity contribution < 1.29 is 4.74 Å². The fourth-order valence-corrected chi connectivity index (χ4v) is 1.93. The molecule has 0 amide bonds. The Bertz CT molecular complexity index is 756. The largest absolute Gasteiger partial charge is 0.432 e. The van der Waals surface area contributed by atoms with Gasteiger partial charge in [0.05, 0.1) is 17.3 Å². The quantitative estimate of drug-likeness (QED) is 0.857. The average molecular weight is 268 g/mol. The van der Waals surface area contributed by atoms with Gasteiger partial charge in [-0.3, -0.25) is 4.79 Å². The molecule has 0 radical (unpaired) electrons. The summed E-state index contributed by atoms with van der Waals surface area (Å²) in [7, 11) is 0. The van der Waals surface area contributed by atoms with Gasteiger partial charge in [-0.15, -0.1) is 0 Å². The Morgan fingerprint density at radius 1 is 1.45 bits per heavy atom. The molecule has 0 atom stereocenters. The fourth-order valence-electron chi connectivity index (χ4n) is 1.93. The molecule has 6 heteroatoms. The lowest BCUT2D eigenvalue weighted by molar-refractivity contribution is 0.446. The molecular weight excluding hydrogens is 256 g/mol. The average Bonchev–Trinajstić information content (AvgIpc) is 3.27. The van der Waals surface area contributed by atoms with Crippen LogP contribution in [0.1, 0.15) is 24.4 Å². The summed E-state index contributed by atoms with van der Waals surface area (Å²) < 4.78 is 7.11. The summed E-state index contributed by atoms with van der Waals surface area (Å²) in [4.78, 5) is 16.1. The Labute approximate surface area is 115 Å². The second-order valence-corrected chi connectivity index (χ2v) is 4.64. The first-order valence-electron chi connectivity index (χ1n) is 6.23. The number of nitrogens with two attached hydrogens (primary N) is 1. The van der Waals surface area contributed by atoms with E-state index in [1.165, 1.54) is 12.3 Å². The van der Waals surface area contributed by atoms with Crippen molar-refractivity contribution in [3.05, 3.63) is 46.5 Å². The summed E-state index contributed by atoms with van der Waals surface area (Å²) in [5.74, 6) is 0.318. The molecule has 0 aliphatic heterocycles. The number of ether oxygens (including phenoxy) is 1. The second kappa shape index (κ2) is 4.70. The van der Waals surface area contributed by atoms with Crippen molar-refractivity contribution in [1.29, 1.82) is 5.26 Å². The molecule has 1 saturated carbocycles. The molecule has 0 saturated heterocycles. The molecule has 1 aliphatic rings. The van der Waals surface area contributed by atoms with Crippen LogP contribution in [0.4, 0.5) is 5.69 Å². The van der Waals surface area contributed by atoms with Gasteiger partial charge in [-0.05, 0) is 31.0 Å². The molecular formula is C14H12N4O2. The molecule has 1 aromatic carbocycles. The lowest BCUT2D eigenvalue weighted by atomic mass is 10.2. The molecule has 20 heavy (non-hydrogen) atoms. The maximum absolute atomic E-state index is 12.2. The van der Waals surface area contributed by atoms with Crippen LogP contribution in [-0.2, 0) is 0 Å². The molecule has 0 spiro atoms. The van der Waals surface area contributed by atoms with Crippen LogP contribution in [0.3, 0.4) is 0 Å². The first kappa shape index (κ1) is 12.2. The standard InChI is InChI=1S/C14H12N4O2/c15-8-9-1-4-12(11(16)7-9)20-13-14(19)18(6-5-17-13)10-2-3-10/h1,4-7,10H,2-3,16H2. The van der Waals surface area contributed by atoms with Gasteiger partial charge in [-0.2, -0.15) is 5.26 Å². The smallest absolute Gasteiger partial charge is 0.313 e. The van der Waals surface area contributed by atoms with Crippen molar-refractivity contribution in [3.8, 4) is 17.7 Å². The van der Waals surface area contributed by atoms with Gasteiger partial charge < -0.3 is 15.0 Å². The van der Waals surface area contributed by atoms with Crippen LogP contribution in [0.5, 0.6) is 11.6 Å². The first-order valence-corrected chi connectivity index (χ1v) is 6.23. The van der Waals surface area contributed by atoms with E-state index in [1.54, 1.807) is 22.9 Å². The zero-order valence-electron chi connectivity index (χ0n) is 10.6. The summed E-state index contributed by atoms with van der Waals surface area (Å²) >= 11 is 0. The minimum atomic E-state index is -0.265. The van der Waals surface area contributed by atoms with E-state index in [9.17, 15) is 4.79 Å². The minimum Gasteiger partial charge on any atom is -0.432 e. The zero-order chi connectivity index (χ0) is 14.1. The van der Waals surface area contributed by atoms with Crippen molar-refractivity contribution in [2.75, 3.05) is 5.73 Å². The fraction of sp³-hybridized carbons (Fsp3) is 0.214. The van der Waals surface area contributed by atoms with E-state index in [1.807, 2.05) is 6.07 Å². The highest BCUT2D eigenvalue weighted by atomic mass is 16.5. The van der Waals surface area contributed by atoms with E-state index in [2.05, 4.69) is 4.98 Å². The summed E-state index contributed by atoms with van der Waals surface area (Å²) in [5.41, 5.74) is 6.26. The van der Waals surface area contributed by atoms with Crippen LogP contribution in [0.25, 0.3) is 0 Å². The van der Waals surface area contributed by atoms with Crippen LogP contribution >= 0.6 is 0 Å². The van der Waals surface area contributed by atoms with Crippen molar-refractivity contribution in [3.63, 3.8) is 0 Å². The van der Waals surface area contributed by atoms with E-state index in [4.69, 9.17) is 15.7 Å². The van der Waals surface area contributed by atoms with Gasteiger partial charge in [0.25, 0.3) is 5.88 Å². The molecule has 0 bridgehead atoms. The lowest BCUT2D eigenvalue weighted by Gasteiger charge is -2.09. The van der Waals surface area contributed by atoms with Crippen molar-refractivity contribution in [2.45, 2.75) is 18.9 Å². The summed E-state index contributed by atoms with van der Waals surface area (Å²) in [6, 6.07) is 6.88. The van der Waals surface area contributed by atoms with E-state index < -0.39 is 0 Å². The van der Waals surface area contributed by atoms with Crippen molar-refractivity contribution >= 4 is 5.69 Å². The number of nitrogen functional groups attached to an aromatic ring is 1. The van der Waals surface area contributed by atoms with Gasteiger partial charge in [0, 0.05) is 18.4 Å². The van der Waals surface area contributed by atoms with Crippen LogP contribution in [0.15, 0.2) is 35.4 Å². The minimum absolute atomic E-state index is 0.00388. The van der Waals surface area contributed by atoms with E-state index in [0.717, 1.165) is 12.8 Å². The number of rotatable bonds is 3. The Hall–Kier alpha value is -2.81. The van der Waals surface area contributed by atoms with E-state index in [0.29, 0.717) is 17.0 Å². The van der Waals surface area contributed by atoms with Gasteiger partial charge >= 0.3 is 5.56 Å². The number of benzene rings is 1. The summed E-state index contributed by atoms with van der Waals surface area (Å²) in [6.07, 6.45) is 5.20. The molecule has 3 rings (SSSR count). The van der Waals surface area contributed by atoms with Crippen molar-refractivity contribution in [2.24, 2.45) is 0 Å². The molecule has 1 aliphatic carbocycles. The van der Waals surface area contributed by atoms with Crippen LogP contribution < -0.4 is 16.0 Å². The SMILES string of the molecule is N#Cc1ccc(Oc2nccn(C3CC3)c2=O)c(N)c1. The number of nitrogens with zero attached hydrogens (tertiary/aromatic N) is 3. The second-order valence-electron chi connectivity index (χ2n) is 4.64. The molecule has 1 heterocycles. The van der Waals surface area contributed by atoms with Crippen LogP contribution in [0.2, 0.25) is 0 Å². The van der Waals surface area contributed by atoms with Crippen molar-refractivity contribution in [1.82, 2.24) is 9.55 Å². The zero-order valence-corrected chi connectivity index (χ0v) is 10.6. The monoisotopic (exact) mass is 268 g/mol. The van der Waals surface area contributed by atoms with Gasteiger partial charge in [0.1, 0.15) is 0 Å². The maximum atomic E-state index is 12.2. The predicted octanol–water partition coefficient (Wildman–Crippen LogP) is 1.82. The highest BCUT2D eigenvalue weighted by molar-refractivity contribution is 5.57. The number of aromatic nitrogens is 2. The molecule has 1 fully saturated rings. The van der Waals surface area contributed by atoms with Gasteiger partial charge in [0.15, 0.2) is 5.75 Å². The molecule has 2 aromatic rings. The lowest BCUT2D eigenvalue weighted by Crippen LogP contribution is -2.20. The molecule has 6 nitrogen and oxygen atoms in total. The molecule has 1 aromatic heterocycles. The Morgan fingerprint density at radius 2 is 2.25 bits per heavy atom. The molecule has 0 unspecified atom stereocenters. The summed E-state index contributed by atoms with van der Waals surface area (Å²) in [5, 5.41) is 8.78. The summed E-state index contributed by atoms with van der Waals surface area (Å²) in [6.45, 7) is 0. The number of hydrogen-bond acceptors (Lipinski definition) is 5. The Morgan fingerprint density at radius 3 is 2.90 bits per heavy atom. The normalized spacial score (nSPS) is 13.8.